The zero-order valence-electron chi connectivity index (χ0n) is 9.70. The summed E-state index contributed by atoms with van der Waals surface area (Å²) < 4.78 is 0. The Morgan fingerprint density at radius 3 is 2.53 bits per heavy atom. The lowest BCUT2D eigenvalue weighted by Gasteiger charge is -2.22. The van der Waals surface area contributed by atoms with Gasteiger partial charge in [0.25, 0.3) is 0 Å². The van der Waals surface area contributed by atoms with Gasteiger partial charge in [-0.1, -0.05) is 11.6 Å². The predicted molar refractivity (Wildman–Crippen MR) is 60.4 cm³/mol. The van der Waals surface area contributed by atoms with Crippen LogP contribution in [0.2, 0.25) is 0 Å². The Kier molecular flexibility index (Phi) is 1.98. The van der Waals surface area contributed by atoms with E-state index >= 15 is 0 Å². The summed E-state index contributed by atoms with van der Waals surface area (Å²) in [4.78, 5) is 11.9. The van der Waals surface area contributed by atoms with Gasteiger partial charge in [-0.25, -0.2) is 0 Å². The molecule has 0 aromatic carbocycles. The number of allylic oxidation sites excluding steroid dienone is 2. The number of hydrogen-bond donors (Lipinski definition) is 0. The van der Waals surface area contributed by atoms with Crippen LogP contribution in [-0.4, -0.2) is 5.78 Å². The average Bonchev–Trinajstić information content (AvgIpc) is 2.85. The highest BCUT2D eigenvalue weighted by Crippen LogP contribution is 2.78. The predicted octanol–water partition coefficient (Wildman–Crippen LogP) is 2.50. The van der Waals surface area contributed by atoms with Crippen molar-refractivity contribution in [1.29, 1.82) is 10.5 Å². The van der Waals surface area contributed by atoms with Gasteiger partial charge in [0.2, 0.25) is 0 Å². The van der Waals surface area contributed by atoms with E-state index < -0.39 is 10.8 Å². The highest BCUT2D eigenvalue weighted by molar-refractivity contribution is 5.93. The van der Waals surface area contributed by atoms with E-state index in [0.717, 1.165) is 19.3 Å². The van der Waals surface area contributed by atoms with Gasteiger partial charge in [-0.15, -0.1) is 0 Å². The first-order chi connectivity index (χ1) is 8.23. The summed E-state index contributed by atoms with van der Waals surface area (Å²) in [6, 6.07) is 4.30. The molecule has 2 fully saturated rings. The van der Waals surface area contributed by atoms with Crippen LogP contribution in [0.1, 0.15) is 38.5 Å². The molecule has 86 valence electrons. The van der Waals surface area contributed by atoms with Crippen molar-refractivity contribution in [3.63, 3.8) is 0 Å². The molecule has 3 rings (SSSR count). The molecule has 0 spiro atoms. The molecule has 0 bridgehead atoms. The number of ketones is 1. The molecule has 0 aromatic rings. The minimum absolute atomic E-state index is 0.125. The molecule has 2 saturated carbocycles. The maximum Gasteiger partial charge on any atom is 0.164 e. The molecule has 0 radical (unpaired) electrons. The standard InChI is InChI=1S/C14H14N2O/c15-8-13(9-16)12-11(17)6-7-14(12,13)10-4-2-1-3-5-10/h4,12H,1-3,5-7H2. The first kappa shape index (κ1) is 10.5. The summed E-state index contributed by atoms with van der Waals surface area (Å²) in [5.74, 6) is -0.200. The number of carbonyl (C=O) groups is 1. The summed E-state index contributed by atoms with van der Waals surface area (Å²) >= 11 is 0. The molecule has 0 aliphatic heterocycles. The van der Waals surface area contributed by atoms with Crippen molar-refractivity contribution in [2.24, 2.45) is 16.7 Å². The van der Waals surface area contributed by atoms with Crippen LogP contribution in [0.15, 0.2) is 11.6 Å². The Balaban J connectivity index is 2.08. The van der Waals surface area contributed by atoms with E-state index in [1.54, 1.807) is 0 Å². The van der Waals surface area contributed by atoms with Gasteiger partial charge in [0, 0.05) is 11.8 Å². The summed E-state index contributed by atoms with van der Waals surface area (Å²) in [7, 11) is 0. The number of Topliss-reactive ketones (excluding diaryl/α,β-unsaturated/α-hetero) is 1. The summed E-state index contributed by atoms with van der Waals surface area (Å²) in [6.07, 6.45) is 7.76. The Labute approximate surface area is 101 Å². The van der Waals surface area contributed by atoms with Crippen LogP contribution in [-0.2, 0) is 4.79 Å². The van der Waals surface area contributed by atoms with Gasteiger partial charge in [-0.3, -0.25) is 4.79 Å². The van der Waals surface area contributed by atoms with Gasteiger partial charge in [0.05, 0.1) is 18.1 Å². The maximum absolute atomic E-state index is 11.9. The lowest BCUT2D eigenvalue weighted by molar-refractivity contribution is -0.119. The van der Waals surface area contributed by atoms with E-state index in [0.29, 0.717) is 12.8 Å². The van der Waals surface area contributed by atoms with Crippen molar-refractivity contribution in [2.45, 2.75) is 38.5 Å². The fourth-order valence-corrected chi connectivity index (χ4v) is 4.05. The lowest BCUT2D eigenvalue weighted by Crippen LogP contribution is -2.16. The van der Waals surface area contributed by atoms with Gasteiger partial charge in [-0.2, -0.15) is 10.5 Å². The van der Waals surface area contributed by atoms with Gasteiger partial charge in [0.15, 0.2) is 5.41 Å². The van der Waals surface area contributed by atoms with E-state index in [4.69, 9.17) is 0 Å². The number of hydrogen-bond acceptors (Lipinski definition) is 3. The fourth-order valence-electron chi connectivity index (χ4n) is 4.05. The first-order valence-electron chi connectivity index (χ1n) is 6.27. The number of nitriles is 2. The number of carbonyl (C=O) groups excluding carboxylic acids is 1. The Bertz CT molecular complexity index is 491. The van der Waals surface area contributed by atoms with Crippen LogP contribution in [0.4, 0.5) is 0 Å². The van der Waals surface area contributed by atoms with Crippen LogP contribution < -0.4 is 0 Å². The molecular weight excluding hydrogens is 212 g/mol. The van der Waals surface area contributed by atoms with Crippen LogP contribution in [0, 0.1) is 39.4 Å². The lowest BCUT2D eigenvalue weighted by atomic mass is 9.79. The molecule has 0 aromatic heterocycles. The van der Waals surface area contributed by atoms with Gasteiger partial charge < -0.3 is 0 Å². The molecule has 3 heteroatoms. The maximum atomic E-state index is 11.9. The zero-order valence-corrected chi connectivity index (χ0v) is 9.70. The van der Waals surface area contributed by atoms with Crippen LogP contribution >= 0.6 is 0 Å². The van der Waals surface area contributed by atoms with E-state index in [1.165, 1.54) is 12.0 Å². The normalized spacial score (nSPS) is 37.6. The highest BCUT2D eigenvalue weighted by atomic mass is 16.1. The average molecular weight is 226 g/mol. The smallest absolute Gasteiger partial charge is 0.164 e. The summed E-state index contributed by atoms with van der Waals surface area (Å²) in [5.41, 5.74) is -0.206. The van der Waals surface area contributed by atoms with Crippen molar-refractivity contribution in [1.82, 2.24) is 0 Å². The van der Waals surface area contributed by atoms with E-state index in [-0.39, 0.29) is 11.7 Å². The highest BCUT2D eigenvalue weighted by Gasteiger charge is 2.84. The number of fused-ring (bicyclic) bond motifs is 1. The summed E-state index contributed by atoms with van der Waals surface area (Å²) in [5, 5.41) is 18.6. The van der Waals surface area contributed by atoms with Gasteiger partial charge >= 0.3 is 0 Å². The van der Waals surface area contributed by atoms with Crippen molar-refractivity contribution in [3.05, 3.63) is 11.6 Å². The largest absolute Gasteiger partial charge is 0.299 e. The van der Waals surface area contributed by atoms with Crippen molar-refractivity contribution >= 4 is 5.78 Å². The molecule has 3 nitrogen and oxygen atoms in total. The molecule has 3 aliphatic rings. The first-order valence-corrected chi connectivity index (χ1v) is 6.27. The third kappa shape index (κ3) is 0.984. The topological polar surface area (TPSA) is 64.7 Å². The van der Waals surface area contributed by atoms with E-state index in [1.807, 2.05) is 0 Å². The number of nitrogens with zero attached hydrogens (tertiary/aromatic N) is 2. The Hall–Kier alpha value is -1.61. The van der Waals surface area contributed by atoms with Crippen LogP contribution in [0.3, 0.4) is 0 Å². The molecule has 0 amide bonds. The van der Waals surface area contributed by atoms with Crippen molar-refractivity contribution in [3.8, 4) is 12.1 Å². The number of rotatable bonds is 1. The molecule has 17 heavy (non-hydrogen) atoms. The monoisotopic (exact) mass is 226 g/mol. The van der Waals surface area contributed by atoms with Crippen LogP contribution in [0.5, 0.6) is 0 Å². The summed E-state index contributed by atoms with van der Waals surface area (Å²) in [6.45, 7) is 0. The van der Waals surface area contributed by atoms with Gasteiger partial charge in [-0.05, 0) is 32.1 Å². The minimum atomic E-state index is -1.04. The minimum Gasteiger partial charge on any atom is -0.299 e. The SMILES string of the molecule is N#CC1(C#N)C2C(=O)CCC21C1=CCCCC1. The third-order valence-electron chi connectivity index (χ3n) is 4.85. The Morgan fingerprint density at radius 1 is 1.24 bits per heavy atom. The second-order valence-corrected chi connectivity index (χ2v) is 5.38. The second-order valence-electron chi connectivity index (χ2n) is 5.38. The van der Waals surface area contributed by atoms with Gasteiger partial charge in [0.1, 0.15) is 5.78 Å². The van der Waals surface area contributed by atoms with Crippen LogP contribution in [0.25, 0.3) is 0 Å². The zero-order chi connectivity index (χ0) is 12.1. The molecule has 0 saturated heterocycles. The molecule has 2 unspecified atom stereocenters. The quantitative estimate of drug-likeness (QED) is 0.645. The molecule has 0 N–H and O–H groups in total. The molecule has 2 atom stereocenters. The molecule has 0 heterocycles. The van der Waals surface area contributed by atoms with E-state index in [2.05, 4.69) is 18.2 Å². The Morgan fingerprint density at radius 2 is 2.00 bits per heavy atom. The van der Waals surface area contributed by atoms with E-state index in [9.17, 15) is 15.3 Å². The second kappa shape index (κ2) is 3.20. The third-order valence-corrected chi connectivity index (χ3v) is 4.85. The fraction of sp³-hybridized carbons (Fsp3) is 0.643. The molecule has 3 aliphatic carbocycles. The van der Waals surface area contributed by atoms with Crippen molar-refractivity contribution < 1.29 is 4.79 Å². The van der Waals surface area contributed by atoms with Crippen molar-refractivity contribution in [2.75, 3.05) is 0 Å². The molecular formula is C14H14N2O.